The highest BCUT2D eigenvalue weighted by atomic mass is 16.5. The van der Waals surface area contributed by atoms with Crippen LogP contribution in [0, 0.1) is 0 Å². The number of anilines is 1. The average Bonchev–Trinajstić information content (AvgIpc) is 2.48. The second kappa shape index (κ2) is 6.03. The van der Waals surface area contributed by atoms with Crippen molar-refractivity contribution in [1.29, 1.82) is 0 Å². The van der Waals surface area contributed by atoms with Gasteiger partial charge in [0.1, 0.15) is 11.3 Å². The summed E-state index contributed by atoms with van der Waals surface area (Å²) in [5.41, 5.74) is 6.61. The summed E-state index contributed by atoms with van der Waals surface area (Å²) in [6, 6.07) is 6.51. The molecule has 0 spiro atoms. The lowest BCUT2D eigenvalue weighted by Crippen LogP contribution is -2.21. The topological polar surface area (TPSA) is 97.2 Å². The molecule has 0 unspecified atom stereocenters. The Balaban J connectivity index is 2.28. The van der Waals surface area contributed by atoms with Crippen molar-refractivity contribution in [1.82, 2.24) is 4.98 Å². The van der Waals surface area contributed by atoms with Crippen LogP contribution in [0.4, 0.5) is 5.69 Å². The predicted molar refractivity (Wildman–Crippen MR) is 75.9 cm³/mol. The van der Waals surface area contributed by atoms with Crippen LogP contribution in [-0.2, 0) is 6.54 Å². The van der Waals surface area contributed by atoms with E-state index in [4.69, 9.17) is 10.5 Å². The van der Waals surface area contributed by atoms with Gasteiger partial charge in [-0.1, -0.05) is 6.07 Å². The maximum Gasteiger partial charge on any atom is 0.261 e. The fourth-order valence-corrected chi connectivity index (χ4v) is 1.75. The lowest BCUT2D eigenvalue weighted by atomic mass is 10.1. The van der Waals surface area contributed by atoms with Gasteiger partial charge in [-0.15, -0.1) is 0 Å². The monoisotopic (exact) mass is 273 g/mol. The van der Waals surface area contributed by atoms with Crippen LogP contribution in [0.1, 0.15) is 15.9 Å². The first-order valence-electron chi connectivity index (χ1n) is 6.01. The summed E-state index contributed by atoms with van der Waals surface area (Å²) in [6.45, 7) is 0.378. The molecule has 0 aliphatic carbocycles. The smallest absolute Gasteiger partial charge is 0.261 e. The van der Waals surface area contributed by atoms with Crippen molar-refractivity contribution < 1.29 is 9.53 Å². The number of methoxy groups -OCH3 is 1. The third kappa shape index (κ3) is 2.86. The maximum absolute atomic E-state index is 12.0. The van der Waals surface area contributed by atoms with Crippen molar-refractivity contribution in [3.05, 3.63) is 58.0 Å². The summed E-state index contributed by atoms with van der Waals surface area (Å²) in [4.78, 5) is 26.3. The molecule has 0 aliphatic heterocycles. The Kier molecular flexibility index (Phi) is 4.17. The molecule has 1 aromatic heterocycles. The van der Waals surface area contributed by atoms with E-state index < -0.39 is 5.91 Å². The molecule has 0 fully saturated rings. The molecule has 0 atom stereocenters. The van der Waals surface area contributed by atoms with Crippen molar-refractivity contribution in [3.8, 4) is 5.75 Å². The largest absolute Gasteiger partial charge is 0.495 e. The van der Waals surface area contributed by atoms with Gasteiger partial charge in [0, 0.05) is 25.0 Å². The molecule has 2 rings (SSSR count). The maximum atomic E-state index is 12.0. The van der Waals surface area contributed by atoms with Crippen LogP contribution in [0.2, 0.25) is 0 Å². The van der Waals surface area contributed by atoms with E-state index in [0.717, 1.165) is 5.56 Å². The van der Waals surface area contributed by atoms with Gasteiger partial charge in [-0.2, -0.15) is 0 Å². The highest BCUT2D eigenvalue weighted by Crippen LogP contribution is 2.25. The van der Waals surface area contributed by atoms with E-state index in [1.807, 2.05) is 0 Å². The standard InChI is InChI=1S/C14H15N3O3/c1-20-13-6-9(7-15)2-3-11(13)17-14(19)10-8-16-5-4-12(10)18/h2-6,8H,7,15H2,1H3,(H,16,18)(H,17,19). The first kappa shape index (κ1) is 13.8. The first-order chi connectivity index (χ1) is 9.65. The predicted octanol–water partition coefficient (Wildman–Crippen LogP) is 1.09. The normalized spacial score (nSPS) is 10.1. The number of aromatic amines is 1. The van der Waals surface area contributed by atoms with Crippen LogP contribution in [0.5, 0.6) is 5.75 Å². The van der Waals surface area contributed by atoms with Crippen molar-refractivity contribution in [2.75, 3.05) is 12.4 Å². The highest BCUT2D eigenvalue weighted by Gasteiger charge is 2.12. The summed E-state index contributed by atoms with van der Waals surface area (Å²) in [5.74, 6) is -0.000641. The van der Waals surface area contributed by atoms with Crippen molar-refractivity contribution in [2.45, 2.75) is 6.54 Å². The molecule has 6 nitrogen and oxygen atoms in total. The molecule has 0 saturated carbocycles. The Morgan fingerprint density at radius 2 is 2.20 bits per heavy atom. The zero-order valence-corrected chi connectivity index (χ0v) is 11.0. The van der Waals surface area contributed by atoms with Gasteiger partial charge in [-0.25, -0.2) is 0 Å². The van der Waals surface area contributed by atoms with Crippen molar-refractivity contribution in [2.24, 2.45) is 5.73 Å². The fraction of sp³-hybridized carbons (Fsp3) is 0.143. The number of hydrogen-bond acceptors (Lipinski definition) is 4. The molecule has 0 radical (unpaired) electrons. The van der Waals surface area contributed by atoms with Gasteiger partial charge in [0.15, 0.2) is 5.43 Å². The van der Waals surface area contributed by atoms with Crippen molar-refractivity contribution >= 4 is 11.6 Å². The molecule has 0 aliphatic rings. The molecular weight excluding hydrogens is 258 g/mol. The Morgan fingerprint density at radius 1 is 1.40 bits per heavy atom. The summed E-state index contributed by atoms with van der Waals surface area (Å²) in [7, 11) is 1.50. The van der Waals surface area contributed by atoms with Gasteiger partial charge in [0.25, 0.3) is 5.91 Å². The third-order valence-electron chi connectivity index (χ3n) is 2.82. The van der Waals surface area contributed by atoms with Gasteiger partial charge in [0.2, 0.25) is 0 Å². The second-order valence-corrected chi connectivity index (χ2v) is 4.12. The number of H-pyrrole nitrogens is 1. The molecule has 20 heavy (non-hydrogen) atoms. The number of benzene rings is 1. The average molecular weight is 273 g/mol. The number of amides is 1. The van der Waals surface area contributed by atoms with E-state index in [9.17, 15) is 9.59 Å². The molecule has 2 aromatic rings. The summed E-state index contributed by atoms with van der Waals surface area (Å²) >= 11 is 0. The highest BCUT2D eigenvalue weighted by molar-refractivity contribution is 6.04. The second-order valence-electron chi connectivity index (χ2n) is 4.12. The quantitative estimate of drug-likeness (QED) is 0.776. The number of carbonyl (C=O) groups is 1. The SMILES string of the molecule is COc1cc(CN)ccc1NC(=O)c1c[nH]ccc1=O. The Labute approximate surface area is 115 Å². The Morgan fingerprint density at radius 3 is 2.85 bits per heavy atom. The van der Waals surface area contributed by atoms with Gasteiger partial charge in [-0.3, -0.25) is 9.59 Å². The minimum Gasteiger partial charge on any atom is -0.495 e. The number of carbonyl (C=O) groups excluding carboxylic acids is 1. The summed E-state index contributed by atoms with van der Waals surface area (Å²) in [6.07, 6.45) is 2.83. The number of aromatic nitrogens is 1. The van der Waals surface area contributed by atoms with E-state index in [1.54, 1.807) is 18.2 Å². The molecule has 4 N–H and O–H groups in total. The van der Waals surface area contributed by atoms with Crippen LogP contribution in [0.15, 0.2) is 41.5 Å². The van der Waals surface area contributed by atoms with Crippen LogP contribution >= 0.6 is 0 Å². The molecule has 104 valence electrons. The van der Waals surface area contributed by atoms with Crippen LogP contribution in [-0.4, -0.2) is 18.0 Å². The molecule has 1 amide bonds. The minimum absolute atomic E-state index is 0.0393. The number of nitrogens with one attached hydrogen (secondary N) is 2. The lowest BCUT2D eigenvalue weighted by molar-refractivity contribution is 0.102. The molecule has 1 aromatic carbocycles. The zero-order chi connectivity index (χ0) is 14.5. The van der Waals surface area contributed by atoms with Crippen molar-refractivity contribution in [3.63, 3.8) is 0 Å². The fourth-order valence-electron chi connectivity index (χ4n) is 1.75. The van der Waals surface area contributed by atoms with Gasteiger partial charge in [-0.05, 0) is 17.7 Å². The van der Waals surface area contributed by atoms with E-state index in [-0.39, 0.29) is 11.0 Å². The van der Waals surface area contributed by atoms with Crippen LogP contribution < -0.4 is 21.2 Å². The zero-order valence-electron chi connectivity index (χ0n) is 11.0. The third-order valence-corrected chi connectivity index (χ3v) is 2.82. The first-order valence-corrected chi connectivity index (χ1v) is 6.01. The lowest BCUT2D eigenvalue weighted by Gasteiger charge is -2.11. The van der Waals surface area contributed by atoms with Crippen LogP contribution in [0.3, 0.4) is 0 Å². The molecule has 0 saturated heterocycles. The number of pyridine rings is 1. The number of rotatable bonds is 4. The number of nitrogens with two attached hydrogens (primary N) is 1. The van der Waals surface area contributed by atoms with Gasteiger partial charge in [0.05, 0.1) is 12.8 Å². The van der Waals surface area contributed by atoms with E-state index in [1.165, 1.54) is 25.6 Å². The van der Waals surface area contributed by atoms with E-state index in [2.05, 4.69) is 10.3 Å². The minimum atomic E-state index is -0.495. The Bertz CT molecular complexity index is 679. The van der Waals surface area contributed by atoms with Gasteiger partial charge >= 0.3 is 0 Å². The Hall–Kier alpha value is -2.60. The van der Waals surface area contributed by atoms with E-state index >= 15 is 0 Å². The number of hydrogen-bond donors (Lipinski definition) is 3. The van der Waals surface area contributed by atoms with E-state index in [0.29, 0.717) is 18.0 Å². The molecule has 1 heterocycles. The summed E-state index contributed by atoms with van der Waals surface area (Å²) < 4.78 is 5.20. The molecular formula is C14H15N3O3. The molecule has 0 bridgehead atoms. The van der Waals surface area contributed by atoms with Crippen LogP contribution in [0.25, 0.3) is 0 Å². The molecule has 6 heteroatoms. The summed E-state index contributed by atoms with van der Waals surface area (Å²) in [5, 5.41) is 2.65. The number of ether oxygens (including phenoxy) is 1. The van der Waals surface area contributed by atoms with Gasteiger partial charge < -0.3 is 20.8 Å².